The van der Waals surface area contributed by atoms with Crippen LogP contribution >= 0.6 is 15.9 Å². The molecule has 22 heavy (non-hydrogen) atoms. The van der Waals surface area contributed by atoms with Gasteiger partial charge in [0.2, 0.25) is 5.95 Å². The third-order valence-electron chi connectivity index (χ3n) is 3.92. The van der Waals surface area contributed by atoms with Crippen molar-refractivity contribution in [2.24, 2.45) is 5.92 Å². The second kappa shape index (κ2) is 6.65. The molecule has 1 saturated heterocycles. The van der Waals surface area contributed by atoms with Crippen LogP contribution < -0.4 is 10.2 Å². The smallest absolute Gasteiger partial charge is 0.229 e. The highest BCUT2D eigenvalue weighted by Crippen LogP contribution is 2.24. The molecule has 0 amide bonds. The van der Waals surface area contributed by atoms with Crippen molar-refractivity contribution in [2.75, 3.05) is 23.3 Å². The van der Waals surface area contributed by atoms with Gasteiger partial charge in [-0.15, -0.1) is 0 Å². The van der Waals surface area contributed by atoms with E-state index in [9.17, 15) is 0 Å². The quantitative estimate of drug-likeness (QED) is 0.872. The maximum Gasteiger partial charge on any atom is 0.229 e. The van der Waals surface area contributed by atoms with Crippen molar-refractivity contribution in [3.8, 4) is 0 Å². The van der Waals surface area contributed by atoms with E-state index in [0.717, 1.165) is 40.7 Å². The van der Waals surface area contributed by atoms with E-state index in [1.807, 2.05) is 31.2 Å². The topological polar surface area (TPSA) is 41.1 Å². The van der Waals surface area contributed by atoms with Crippen molar-refractivity contribution >= 4 is 33.4 Å². The normalized spacial score (nSPS) is 18.3. The van der Waals surface area contributed by atoms with Crippen LogP contribution in [0.2, 0.25) is 0 Å². The summed E-state index contributed by atoms with van der Waals surface area (Å²) >= 11 is 3.45. The number of aromatic nitrogens is 2. The Kier molecular flexibility index (Phi) is 4.62. The molecule has 1 aliphatic rings. The lowest BCUT2D eigenvalue weighted by atomic mass is 10.0. The summed E-state index contributed by atoms with van der Waals surface area (Å²) in [6.07, 6.45) is 2.55. The van der Waals surface area contributed by atoms with Gasteiger partial charge in [0.1, 0.15) is 5.82 Å². The summed E-state index contributed by atoms with van der Waals surface area (Å²) in [6, 6.07) is 10.1. The third kappa shape index (κ3) is 3.77. The number of nitrogens with zero attached hydrogens (tertiary/aromatic N) is 3. The van der Waals surface area contributed by atoms with E-state index in [0.29, 0.717) is 5.95 Å². The summed E-state index contributed by atoms with van der Waals surface area (Å²) in [5.74, 6) is 2.42. The van der Waals surface area contributed by atoms with Gasteiger partial charge in [0.05, 0.1) is 0 Å². The predicted molar refractivity (Wildman–Crippen MR) is 94.8 cm³/mol. The van der Waals surface area contributed by atoms with Gasteiger partial charge in [0.25, 0.3) is 0 Å². The summed E-state index contributed by atoms with van der Waals surface area (Å²) < 4.78 is 1.06. The van der Waals surface area contributed by atoms with Gasteiger partial charge in [-0.3, -0.25) is 0 Å². The van der Waals surface area contributed by atoms with Gasteiger partial charge < -0.3 is 10.2 Å². The minimum atomic E-state index is 0.663. The Labute approximate surface area is 140 Å². The molecule has 116 valence electrons. The highest BCUT2D eigenvalue weighted by atomic mass is 79.9. The zero-order chi connectivity index (χ0) is 15.5. The Morgan fingerprint density at radius 2 is 2.00 bits per heavy atom. The second-order valence-corrected chi connectivity index (χ2v) is 6.93. The molecule has 0 radical (unpaired) electrons. The first-order chi connectivity index (χ1) is 10.6. The number of aryl methyl sites for hydroxylation is 1. The molecule has 2 heterocycles. The Morgan fingerprint density at radius 1 is 1.23 bits per heavy atom. The van der Waals surface area contributed by atoms with Crippen molar-refractivity contribution in [2.45, 2.75) is 26.7 Å². The summed E-state index contributed by atoms with van der Waals surface area (Å²) in [4.78, 5) is 11.6. The number of nitrogens with one attached hydrogen (secondary N) is 1. The first-order valence-corrected chi connectivity index (χ1v) is 8.53. The van der Waals surface area contributed by atoms with Crippen molar-refractivity contribution in [3.05, 3.63) is 40.5 Å². The van der Waals surface area contributed by atoms with E-state index in [1.165, 1.54) is 12.8 Å². The van der Waals surface area contributed by atoms with E-state index >= 15 is 0 Å². The van der Waals surface area contributed by atoms with Gasteiger partial charge in [0.15, 0.2) is 0 Å². The van der Waals surface area contributed by atoms with Crippen LogP contribution in [0.1, 0.15) is 25.5 Å². The van der Waals surface area contributed by atoms with Crippen LogP contribution in [-0.2, 0) is 0 Å². The van der Waals surface area contributed by atoms with Crippen LogP contribution in [0.25, 0.3) is 0 Å². The van der Waals surface area contributed by atoms with E-state index in [-0.39, 0.29) is 0 Å². The van der Waals surface area contributed by atoms with E-state index in [4.69, 9.17) is 4.98 Å². The lowest BCUT2D eigenvalue weighted by Gasteiger charge is -2.32. The summed E-state index contributed by atoms with van der Waals surface area (Å²) in [6.45, 7) is 6.49. The molecular weight excluding hydrogens is 340 g/mol. The molecule has 1 N–H and O–H groups in total. The zero-order valence-corrected chi connectivity index (χ0v) is 14.6. The molecule has 0 aliphatic carbocycles. The van der Waals surface area contributed by atoms with Crippen LogP contribution in [-0.4, -0.2) is 23.1 Å². The molecule has 0 saturated carbocycles. The third-order valence-corrected chi connectivity index (χ3v) is 4.45. The molecule has 1 unspecified atom stereocenters. The monoisotopic (exact) mass is 360 g/mol. The minimum absolute atomic E-state index is 0.663. The first-order valence-electron chi connectivity index (χ1n) is 7.73. The molecule has 1 fully saturated rings. The molecule has 1 aromatic carbocycles. The lowest BCUT2D eigenvalue weighted by molar-refractivity contribution is 0.444. The first kappa shape index (κ1) is 15.3. The van der Waals surface area contributed by atoms with Crippen molar-refractivity contribution in [1.29, 1.82) is 0 Å². The Balaban J connectivity index is 1.81. The minimum Gasteiger partial charge on any atom is -0.356 e. The van der Waals surface area contributed by atoms with Crippen LogP contribution in [0.3, 0.4) is 0 Å². The fraction of sp³-hybridized carbons (Fsp3) is 0.412. The molecule has 3 rings (SSSR count). The molecule has 2 aromatic rings. The van der Waals surface area contributed by atoms with Gasteiger partial charge in [-0.25, -0.2) is 4.98 Å². The predicted octanol–water partition coefficient (Wildman–Crippen LogP) is 4.53. The highest BCUT2D eigenvalue weighted by Gasteiger charge is 2.18. The summed E-state index contributed by atoms with van der Waals surface area (Å²) in [7, 11) is 0. The van der Waals surface area contributed by atoms with Gasteiger partial charge >= 0.3 is 0 Å². The largest absolute Gasteiger partial charge is 0.356 e. The number of piperidine rings is 1. The average molecular weight is 361 g/mol. The fourth-order valence-electron chi connectivity index (χ4n) is 2.83. The lowest BCUT2D eigenvalue weighted by Crippen LogP contribution is -2.35. The second-order valence-electron chi connectivity index (χ2n) is 6.02. The number of benzene rings is 1. The van der Waals surface area contributed by atoms with Crippen molar-refractivity contribution < 1.29 is 0 Å². The van der Waals surface area contributed by atoms with Gasteiger partial charge in [0, 0.05) is 35.0 Å². The fourth-order valence-corrected chi connectivity index (χ4v) is 3.09. The number of anilines is 3. The number of hydrogen-bond acceptors (Lipinski definition) is 4. The molecule has 1 atom stereocenters. The van der Waals surface area contributed by atoms with Crippen molar-refractivity contribution in [1.82, 2.24) is 9.97 Å². The molecule has 5 heteroatoms. The highest BCUT2D eigenvalue weighted by molar-refractivity contribution is 9.10. The standard InChI is InChI=1S/C17H21BrN4/c1-12-4-3-9-22(11-12)16-10-13(2)19-17(21-16)20-15-7-5-14(18)6-8-15/h5-8,10,12H,3-4,9,11H2,1-2H3,(H,19,20,21). The summed E-state index contributed by atoms with van der Waals surface area (Å²) in [5.41, 5.74) is 1.98. The van der Waals surface area contributed by atoms with Gasteiger partial charge in [-0.1, -0.05) is 22.9 Å². The zero-order valence-electron chi connectivity index (χ0n) is 13.0. The Hall–Kier alpha value is -1.62. The SMILES string of the molecule is Cc1cc(N2CCCC(C)C2)nc(Nc2ccc(Br)cc2)n1. The number of halogens is 1. The van der Waals surface area contributed by atoms with Gasteiger partial charge in [-0.05, 0) is 49.9 Å². The molecule has 4 nitrogen and oxygen atoms in total. The Morgan fingerprint density at radius 3 is 2.73 bits per heavy atom. The van der Waals surface area contributed by atoms with Gasteiger partial charge in [-0.2, -0.15) is 4.98 Å². The van der Waals surface area contributed by atoms with E-state index in [1.54, 1.807) is 0 Å². The van der Waals surface area contributed by atoms with Crippen molar-refractivity contribution in [3.63, 3.8) is 0 Å². The molecular formula is C17H21BrN4. The maximum atomic E-state index is 4.70. The molecule has 1 aliphatic heterocycles. The van der Waals surface area contributed by atoms with E-state index < -0.39 is 0 Å². The van der Waals surface area contributed by atoms with E-state index in [2.05, 4.69) is 44.1 Å². The number of rotatable bonds is 3. The van der Waals surface area contributed by atoms with Crippen LogP contribution in [0.4, 0.5) is 17.5 Å². The number of hydrogen-bond donors (Lipinski definition) is 1. The Bertz CT molecular complexity index is 642. The summed E-state index contributed by atoms with van der Waals surface area (Å²) in [5, 5.41) is 3.29. The maximum absolute atomic E-state index is 4.70. The van der Waals surface area contributed by atoms with Crippen LogP contribution in [0.15, 0.2) is 34.8 Å². The molecule has 1 aromatic heterocycles. The average Bonchev–Trinajstić information content (AvgIpc) is 2.49. The van der Waals surface area contributed by atoms with Crippen LogP contribution in [0.5, 0.6) is 0 Å². The molecule has 0 spiro atoms. The molecule has 0 bridgehead atoms. The van der Waals surface area contributed by atoms with Crippen LogP contribution in [0, 0.1) is 12.8 Å².